The lowest BCUT2D eigenvalue weighted by atomic mass is 10.1. The molecule has 2 N–H and O–H groups in total. The lowest BCUT2D eigenvalue weighted by molar-refractivity contribution is 0.565. The van der Waals surface area contributed by atoms with Crippen LogP contribution in [0.5, 0.6) is 0 Å². The van der Waals surface area contributed by atoms with Crippen LogP contribution in [0.25, 0.3) is 0 Å². The first-order chi connectivity index (χ1) is 6.72. The van der Waals surface area contributed by atoms with E-state index in [4.69, 9.17) is 5.73 Å². The van der Waals surface area contributed by atoms with Crippen molar-refractivity contribution in [1.29, 1.82) is 0 Å². The third-order valence-electron chi connectivity index (χ3n) is 2.99. The van der Waals surface area contributed by atoms with Gasteiger partial charge in [0.1, 0.15) is 0 Å². The van der Waals surface area contributed by atoms with Crippen LogP contribution >= 0.6 is 0 Å². The van der Waals surface area contributed by atoms with Gasteiger partial charge in [0, 0.05) is 38.1 Å². The number of nitrogens with two attached hydrogens (primary N) is 1. The molecule has 4 nitrogen and oxygen atoms in total. The molecule has 2 heterocycles. The molecule has 1 aliphatic rings. The number of hydrogen-bond donors (Lipinski definition) is 1. The fourth-order valence-corrected chi connectivity index (χ4v) is 1.99. The van der Waals surface area contributed by atoms with Crippen molar-refractivity contribution < 1.29 is 0 Å². The van der Waals surface area contributed by atoms with Gasteiger partial charge in [0.15, 0.2) is 0 Å². The number of hydrogen-bond acceptors (Lipinski definition) is 3. The molecule has 78 valence electrons. The number of rotatable bonds is 2. The van der Waals surface area contributed by atoms with Crippen LogP contribution in [0.3, 0.4) is 0 Å². The molecule has 4 heteroatoms. The van der Waals surface area contributed by atoms with Crippen molar-refractivity contribution in [3.8, 4) is 0 Å². The van der Waals surface area contributed by atoms with Gasteiger partial charge in [-0.1, -0.05) is 6.92 Å². The molecule has 2 rings (SSSR count). The summed E-state index contributed by atoms with van der Waals surface area (Å²) in [6.07, 6.45) is 3.87. The van der Waals surface area contributed by atoms with Crippen molar-refractivity contribution >= 4 is 5.95 Å². The van der Waals surface area contributed by atoms with E-state index in [1.165, 1.54) is 0 Å². The van der Waals surface area contributed by atoms with Crippen LogP contribution in [0.1, 0.15) is 13.8 Å². The minimum absolute atomic E-state index is 0.289. The summed E-state index contributed by atoms with van der Waals surface area (Å²) in [5, 5.41) is 0. The summed E-state index contributed by atoms with van der Waals surface area (Å²) in [7, 11) is 0. The van der Waals surface area contributed by atoms with Gasteiger partial charge in [0.2, 0.25) is 5.95 Å². The predicted molar refractivity (Wildman–Crippen MR) is 57.3 cm³/mol. The van der Waals surface area contributed by atoms with E-state index in [9.17, 15) is 0 Å². The maximum atomic E-state index is 5.99. The van der Waals surface area contributed by atoms with E-state index in [1.807, 2.05) is 12.4 Å². The highest BCUT2D eigenvalue weighted by Gasteiger charge is 2.28. The summed E-state index contributed by atoms with van der Waals surface area (Å²) < 4.78 is 2.16. The smallest absolute Gasteiger partial charge is 0.205 e. The normalized spacial score (nSPS) is 27.2. The number of aromatic nitrogens is 2. The van der Waals surface area contributed by atoms with Crippen LogP contribution in [0.2, 0.25) is 0 Å². The van der Waals surface area contributed by atoms with Gasteiger partial charge < -0.3 is 15.2 Å². The Bertz CT molecular complexity index is 297. The molecular formula is C10H18N4. The van der Waals surface area contributed by atoms with E-state index in [1.54, 1.807) is 0 Å². The number of imidazole rings is 1. The van der Waals surface area contributed by atoms with E-state index >= 15 is 0 Å². The topological polar surface area (TPSA) is 47.1 Å². The molecule has 1 fully saturated rings. The summed E-state index contributed by atoms with van der Waals surface area (Å²) in [6, 6.07) is 0.289. The zero-order valence-electron chi connectivity index (χ0n) is 8.85. The molecule has 1 saturated heterocycles. The van der Waals surface area contributed by atoms with Crippen molar-refractivity contribution in [3.63, 3.8) is 0 Å². The van der Waals surface area contributed by atoms with Gasteiger partial charge in [-0.3, -0.25) is 0 Å². The van der Waals surface area contributed by atoms with Gasteiger partial charge in [-0.2, -0.15) is 0 Å². The van der Waals surface area contributed by atoms with Gasteiger partial charge in [-0.05, 0) is 12.8 Å². The second-order valence-corrected chi connectivity index (χ2v) is 4.06. The molecular weight excluding hydrogens is 176 g/mol. The molecule has 2 atom stereocenters. The van der Waals surface area contributed by atoms with Gasteiger partial charge in [0.05, 0.1) is 0 Å². The van der Waals surface area contributed by atoms with Crippen LogP contribution in [0.15, 0.2) is 12.4 Å². The maximum Gasteiger partial charge on any atom is 0.205 e. The van der Waals surface area contributed by atoms with Gasteiger partial charge in [-0.25, -0.2) is 4.98 Å². The van der Waals surface area contributed by atoms with Crippen LogP contribution in [-0.2, 0) is 6.54 Å². The Morgan fingerprint density at radius 2 is 2.36 bits per heavy atom. The second-order valence-electron chi connectivity index (χ2n) is 4.06. The molecule has 2 unspecified atom stereocenters. The van der Waals surface area contributed by atoms with E-state index in [0.29, 0.717) is 5.92 Å². The lowest BCUT2D eigenvalue weighted by Crippen LogP contribution is -2.29. The molecule has 0 bridgehead atoms. The molecule has 0 spiro atoms. The summed E-state index contributed by atoms with van der Waals surface area (Å²) in [4.78, 5) is 6.65. The first kappa shape index (κ1) is 9.52. The molecule has 1 aromatic rings. The SMILES string of the molecule is CCn1ccnc1N1CC(C)C(N)C1. The standard InChI is InChI=1S/C10H18N4/c1-3-13-5-4-12-10(13)14-6-8(2)9(11)7-14/h4-5,8-9H,3,6-7,11H2,1-2H3. The van der Waals surface area contributed by atoms with Crippen molar-refractivity contribution in [2.24, 2.45) is 11.7 Å². The molecule has 0 amide bonds. The zero-order chi connectivity index (χ0) is 10.1. The second kappa shape index (κ2) is 3.61. The molecule has 0 saturated carbocycles. The van der Waals surface area contributed by atoms with E-state index in [2.05, 4.69) is 28.3 Å². The number of nitrogens with zero attached hydrogens (tertiary/aromatic N) is 3. The van der Waals surface area contributed by atoms with Crippen LogP contribution in [0.4, 0.5) is 5.95 Å². The van der Waals surface area contributed by atoms with Gasteiger partial charge in [-0.15, -0.1) is 0 Å². The Morgan fingerprint density at radius 1 is 1.57 bits per heavy atom. The first-order valence-corrected chi connectivity index (χ1v) is 5.24. The molecule has 1 aromatic heterocycles. The molecule has 0 radical (unpaired) electrons. The minimum atomic E-state index is 0.289. The van der Waals surface area contributed by atoms with E-state index in [0.717, 1.165) is 25.6 Å². The fourth-order valence-electron chi connectivity index (χ4n) is 1.99. The Hall–Kier alpha value is -1.03. The van der Waals surface area contributed by atoms with Crippen molar-refractivity contribution in [2.45, 2.75) is 26.4 Å². The average Bonchev–Trinajstić information content (AvgIpc) is 2.73. The van der Waals surface area contributed by atoms with Crippen LogP contribution in [0, 0.1) is 5.92 Å². The third kappa shape index (κ3) is 1.50. The Labute approximate surface area is 84.7 Å². The van der Waals surface area contributed by atoms with Gasteiger partial charge in [0.25, 0.3) is 0 Å². The monoisotopic (exact) mass is 194 g/mol. The Morgan fingerprint density at radius 3 is 2.93 bits per heavy atom. The number of anilines is 1. The molecule has 0 aliphatic carbocycles. The van der Waals surface area contributed by atoms with Gasteiger partial charge >= 0.3 is 0 Å². The summed E-state index contributed by atoms with van der Waals surface area (Å²) in [5.74, 6) is 1.63. The fraction of sp³-hybridized carbons (Fsp3) is 0.700. The summed E-state index contributed by atoms with van der Waals surface area (Å²) >= 11 is 0. The van der Waals surface area contributed by atoms with Crippen molar-refractivity contribution in [3.05, 3.63) is 12.4 Å². The number of aryl methyl sites for hydroxylation is 1. The van der Waals surface area contributed by atoms with Crippen molar-refractivity contribution in [1.82, 2.24) is 9.55 Å². The first-order valence-electron chi connectivity index (χ1n) is 5.24. The Balaban J connectivity index is 2.16. The third-order valence-corrected chi connectivity index (χ3v) is 2.99. The molecule has 1 aliphatic heterocycles. The largest absolute Gasteiger partial charge is 0.340 e. The van der Waals surface area contributed by atoms with Crippen LogP contribution in [-0.4, -0.2) is 28.7 Å². The maximum absolute atomic E-state index is 5.99. The van der Waals surface area contributed by atoms with E-state index in [-0.39, 0.29) is 6.04 Å². The van der Waals surface area contributed by atoms with E-state index < -0.39 is 0 Å². The predicted octanol–water partition coefficient (Wildman–Crippen LogP) is 0.686. The lowest BCUT2D eigenvalue weighted by Gasteiger charge is -2.17. The average molecular weight is 194 g/mol. The minimum Gasteiger partial charge on any atom is -0.340 e. The Kier molecular flexibility index (Phi) is 2.46. The molecule has 14 heavy (non-hydrogen) atoms. The highest BCUT2D eigenvalue weighted by atomic mass is 15.3. The summed E-state index contributed by atoms with van der Waals surface area (Å²) in [6.45, 7) is 7.25. The quantitative estimate of drug-likeness (QED) is 0.753. The van der Waals surface area contributed by atoms with Crippen LogP contribution < -0.4 is 10.6 Å². The highest BCUT2D eigenvalue weighted by molar-refractivity contribution is 5.34. The zero-order valence-corrected chi connectivity index (χ0v) is 8.85. The van der Waals surface area contributed by atoms with Crippen molar-refractivity contribution in [2.75, 3.05) is 18.0 Å². The molecule has 0 aromatic carbocycles. The summed E-state index contributed by atoms with van der Waals surface area (Å²) in [5.41, 5.74) is 5.99. The highest BCUT2D eigenvalue weighted by Crippen LogP contribution is 2.21.